The molecule has 0 aliphatic rings. The van der Waals surface area contributed by atoms with Crippen LogP contribution in [0.15, 0.2) is 0 Å². The smallest absolute Gasteiger partial charge is 0.152 e. The number of halogens is 1. The second-order valence-electron chi connectivity index (χ2n) is 2.47. The van der Waals surface area contributed by atoms with Gasteiger partial charge in [-0.3, -0.25) is 4.79 Å². The van der Waals surface area contributed by atoms with Gasteiger partial charge in [0.05, 0.1) is 6.04 Å². The molecule has 0 amide bonds. The summed E-state index contributed by atoms with van der Waals surface area (Å²) in [6.45, 7) is 5.71. The van der Waals surface area contributed by atoms with Crippen molar-refractivity contribution in [3.63, 3.8) is 0 Å². The first-order valence-corrected chi connectivity index (χ1v) is 6.52. The van der Waals surface area contributed by atoms with Gasteiger partial charge in [0.2, 0.25) is 0 Å². The van der Waals surface area contributed by atoms with Crippen molar-refractivity contribution in [3.05, 3.63) is 0 Å². The fraction of sp³-hybridized carbons (Fsp3) is 0.833. The van der Waals surface area contributed by atoms with E-state index in [2.05, 4.69) is 25.9 Å². The fourth-order valence-corrected chi connectivity index (χ4v) is 2.02. The molecule has 0 aliphatic carbocycles. The molecule has 10 heavy (non-hydrogen) atoms. The van der Waals surface area contributed by atoms with E-state index in [1.165, 1.54) is 9.12 Å². The summed E-state index contributed by atoms with van der Waals surface area (Å²) in [5.74, 6) is 0.398. The van der Waals surface area contributed by atoms with Crippen LogP contribution in [0.3, 0.4) is 0 Å². The molecule has 0 aliphatic heterocycles. The summed E-state index contributed by atoms with van der Waals surface area (Å²) in [5.41, 5.74) is 0. The number of carbonyl (C=O) groups excluding carboxylic acids is 1. The van der Waals surface area contributed by atoms with E-state index in [4.69, 9.17) is 0 Å². The lowest BCUT2D eigenvalue weighted by Gasteiger charge is -2.11. The molecule has 0 aromatic rings. The maximum atomic E-state index is 11.2. The molecule has 0 aromatic carbocycles. The van der Waals surface area contributed by atoms with Crippen molar-refractivity contribution in [3.8, 4) is 0 Å². The van der Waals surface area contributed by atoms with Gasteiger partial charge >= 0.3 is 0 Å². The molecule has 4 heteroatoms. The normalized spacial score (nSPS) is 13.7. The molecule has 0 heterocycles. The van der Waals surface area contributed by atoms with Crippen molar-refractivity contribution in [2.75, 3.05) is 0 Å². The SMILES string of the molecule is CC(C)C(=O)C(C)NSI. The lowest BCUT2D eigenvalue weighted by molar-refractivity contribution is -0.123. The molecule has 1 N–H and O–H groups in total. The van der Waals surface area contributed by atoms with Crippen molar-refractivity contribution in [1.82, 2.24) is 4.72 Å². The predicted molar refractivity (Wildman–Crippen MR) is 54.1 cm³/mol. The van der Waals surface area contributed by atoms with Crippen molar-refractivity contribution >= 4 is 36.1 Å². The van der Waals surface area contributed by atoms with Crippen molar-refractivity contribution in [2.45, 2.75) is 26.8 Å². The zero-order chi connectivity index (χ0) is 8.15. The van der Waals surface area contributed by atoms with Crippen LogP contribution < -0.4 is 4.72 Å². The molecule has 0 rings (SSSR count). The third-order valence-electron chi connectivity index (χ3n) is 1.22. The maximum Gasteiger partial charge on any atom is 0.152 e. The highest BCUT2D eigenvalue weighted by Crippen LogP contribution is 2.08. The topological polar surface area (TPSA) is 29.1 Å². The minimum Gasteiger partial charge on any atom is -0.298 e. The number of Topliss-reactive ketones (excluding diaryl/α,β-unsaturated/α-hetero) is 1. The van der Waals surface area contributed by atoms with Crippen molar-refractivity contribution in [1.29, 1.82) is 0 Å². The maximum absolute atomic E-state index is 11.2. The average Bonchev–Trinajstić information content (AvgIpc) is 1.87. The van der Waals surface area contributed by atoms with Crippen LogP contribution in [0, 0.1) is 5.92 Å². The molecular weight excluding hydrogens is 261 g/mol. The summed E-state index contributed by atoms with van der Waals surface area (Å²) in [6, 6.07) is -0.0260. The Kier molecular flexibility index (Phi) is 5.75. The van der Waals surface area contributed by atoms with Crippen LogP contribution in [-0.4, -0.2) is 11.8 Å². The zero-order valence-corrected chi connectivity index (χ0v) is 9.32. The van der Waals surface area contributed by atoms with E-state index in [0.29, 0.717) is 0 Å². The Morgan fingerprint density at radius 1 is 1.50 bits per heavy atom. The Morgan fingerprint density at radius 3 is 2.30 bits per heavy atom. The highest BCUT2D eigenvalue weighted by Gasteiger charge is 2.14. The average molecular weight is 273 g/mol. The van der Waals surface area contributed by atoms with E-state index in [1.807, 2.05) is 20.8 Å². The first kappa shape index (κ1) is 10.7. The highest BCUT2D eigenvalue weighted by molar-refractivity contribution is 14.2. The lowest BCUT2D eigenvalue weighted by atomic mass is 10.0. The molecule has 0 saturated heterocycles. The van der Waals surface area contributed by atoms with Crippen molar-refractivity contribution in [2.24, 2.45) is 5.92 Å². The number of hydrogen-bond acceptors (Lipinski definition) is 3. The molecule has 1 atom stereocenters. The summed E-state index contributed by atoms with van der Waals surface area (Å²) in [6.07, 6.45) is 0. The number of nitrogens with one attached hydrogen (secondary N) is 1. The van der Waals surface area contributed by atoms with Crippen LogP contribution >= 0.6 is 30.3 Å². The van der Waals surface area contributed by atoms with Gasteiger partial charge in [0.1, 0.15) is 0 Å². The van der Waals surface area contributed by atoms with E-state index < -0.39 is 0 Å². The van der Waals surface area contributed by atoms with Gasteiger partial charge in [-0.15, -0.1) is 0 Å². The van der Waals surface area contributed by atoms with Gasteiger partial charge in [-0.25, -0.2) is 4.72 Å². The van der Waals surface area contributed by atoms with Gasteiger partial charge in [0.25, 0.3) is 0 Å². The Labute approximate surface area is 78.2 Å². The molecule has 0 spiro atoms. The van der Waals surface area contributed by atoms with Crippen LogP contribution in [0.1, 0.15) is 20.8 Å². The molecular formula is C6H12INOS. The van der Waals surface area contributed by atoms with E-state index in [1.54, 1.807) is 0 Å². The predicted octanol–water partition coefficient (Wildman–Crippen LogP) is 2.19. The van der Waals surface area contributed by atoms with Crippen molar-refractivity contribution < 1.29 is 4.79 Å². The van der Waals surface area contributed by atoms with Crippen LogP contribution in [0.2, 0.25) is 0 Å². The minimum absolute atomic E-state index is 0.0260. The molecule has 2 nitrogen and oxygen atoms in total. The number of rotatable bonds is 4. The Morgan fingerprint density at radius 2 is 2.00 bits per heavy atom. The molecule has 1 unspecified atom stereocenters. The second kappa shape index (κ2) is 5.37. The zero-order valence-electron chi connectivity index (χ0n) is 6.35. The number of carbonyl (C=O) groups is 1. The first-order chi connectivity index (χ1) is 4.59. The monoisotopic (exact) mass is 273 g/mol. The van der Waals surface area contributed by atoms with Gasteiger partial charge in [0, 0.05) is 27.1 Å². The highest BCUT2D eigenvalue weighted by atomic mass is 127. The Balaban J connectivity index is 3.71. The van der Waals surface area contributed by atoms with Gasteiger partial charge in [0.15, 0.2) is 5.78 Å². The van der Waals surface area contributed by atoms with Gasteiger partial charge in [-0.05, 0) is 16.0 Å². The quantitative estimate of drug-likeness (QED) is 0.629. The summed E-state index contributed by atoms with van der Waals surface area (Å²) in [4.78, 5) is 11.2. The standard InChI is InChI=1S/C6H12INOS/c1-4(2)6(9)5(3)8-10-7/h4-5,8H,1-3H3. The van der Waals surface area contributed by atoms with E-state index in [-0.39, 0.29) is 17.7 Å². The first-order valence-electron chi connectivity index (χ1n) is 3.16. The van der Waals surface area contributed by atoms with E-state index in [0.717, 1.165) is 0 Å². The number of ketones is 1. The Bertz CT molecular complexity index is 118. The molecule has 0 aromatic heterocycles. The van der Waals surface area contributed by atoms with E-state index in [9.17, 15) is 4.79 Å². The lowest BCUT2D eigenvalue weighted by Crippen LogP contribution is -2.31. The molecule has 0 fully saturated rings. The summed E-state index contributed by atoms with van der Waals surface area (Å²) in [5, 5.41) is 0. The number of hydrogen-bond donors (Lipinski definition) is 1. The third-order valence-corrected chi connectivity index (χ3v) is 2.42. The van der Waals surface area contributed by atoms with Gasteiger partial charge in [-0.1, -0.05) is 13.8 Å². The minimum atomic E-state index is -0.0260. The summed E-state index contributed by atoms with van der Waals surface area (Å²) in [7, 11) is 1.45. The molecule has 0 saturated carbocycles. The van der Waals surface area contributed by atoms with Crippen LogP contribution in [-0.2, 0) is 4.79 Å². The Hall–Kier alpha value is 0.710. The largest absolute Gasteiger partial charge is 0.298 e. The van der Waals surface area contributed by atoms with Crippen LogP contribution in [0.25, 0.3) is 0 Å². The second-order valence-corrected chi connectivity index (χ2v) is 4.18. The molecule has 0 bridgehead atoms. The van der Waals surface area contributed by atoms with Gasteiger partial charge in [-0.2, -0.15) is 0 Å². The fourth-order valence-electron chi connectivity index (χ4n) is 0.625. The summed E-state index contributed by atoms with van der Waals surface area (Å²) < 4.78 is 2.98. The summed E-state index contributed by atoms with van der Waals surface area (Å²) >= 11 is 2.11. The van der Waals surface area contributed by atoms with E-state index >= 15 is 0 Å². The van der Waals surface area contributed by atoms with Crippen LogP contribution in [0.5, 0.6) is 0 Å². The molecule has 60 valence electrons. The molecule has 0 radical (unpaired) electrons. The third kappa shape index (κ3) is 3.78. The van der Waals surface area contributed by atoms with Gasteiger partial charge < -0.3 is 0 Å². The van der Waals surface area contributed by atoms with Crippen LogP contribution in [0.4, 0.5) is 0 Å².